The van der Waals surface area contributed by atoms with Crippen molar-refractivity contribution >= 4 is 10.8 Å². The molecule has 1 aliphatic heterocycles. The molecule has 1 heterocycles. The van der Waals surface area contributed by atoms with Crippen LogP contribution in [0.1, 0.15) is 16.7 Å². The molecule has 2 unspecified atom stereocenters. The molecule has 24 heavy (non-hydrogen) atoms. The summed E-state index contributed by atoms with van der Waals surface area (Å²) in [6, 6.07) is 12.9. The van der Waals surface area contributed by atoms with Crippen LogP contribution in [0.4, 0.5) is 0 Å². The Kier molecular flexibility index (Phi) is 5.01. The van der Waals surface area contributed by atoms with Crippen molar-refractivity contribution in [3.63, 3.8) is 0 Å². The van der Waals surface area contributed by atoms with Gasteiger partial charge in [-0.1, -0.05) is 24.3 Å². The van der Waals surface area contributed by atoms with Gasteiger partial charge in [0.05, 0.1) is 6.61 Å². The topological polar surface area (TPSA) is 78.8 Å². The van der Waals surface area contributed by atoms with Crippen LogP contribution in [0.3, 0.4) is 0 Å². The second kappa shape index (κ2) is 7.03. The fourth-order valence-electron chi connectivity index (χ4n) is 3.03. The van der Waals surface area contributed by atoms with Crippen LogP contribution in [0.5, 0.6) is 5.75 Å². The summed E-state index contributed by atoms with van der Waals surface area (Å²) in [5.74, 6) is 0.577. The monoisotopic (exact) mass is 347 g/mol. The molecule has 0 aliphatic carbocycles. The van der Waals surface area contributed by atoms with Gasteiger partial charge in [0.25, 0.3) is 0 Å². The third-order valence-electron chi connectivity index (χ3n) is 4.24. The second-order valence-electron chi connectivity index (χ2n) is 5.82. The third-order valence-corrected chi connectivity index (χ3v) is 5.16. The number of hydrogen-bond acceptors (Lipinski definition) is 5. The van der Waals surface area contributed by atoms with E-state index in [4.69, 9.17) is 9.84 Å². The summed E-state index contributed by atoms with van der Waals surface area (Å²) in [5.41, 5.74) is 0.924. The maximum absolute atomic E-state index is 11.9. The molecule has 0 fully saturated rings. The lowest BCUT2D eigenvalue weighted by molar-refractivity contribution is 0.0777. The molecule has 3 rings (SSSR count). The van der Waals surface area contributed by atoms with E-state index in [9.17, 15) is 9.32 Å². The first-order valence-corrected chi connectivity index (χ1v) is 9.35. The first kappa shape index (κ1) is 17.1. The zero-order valence-electron chi connectivity index (χ0n) is 13.5. The third kappa shape index (κ3) is 3.10. The minimum Gasteiger partial charge on any atom is -0.488 e. The Balaban J connectivity index is 2.16. The molecule has 128 valence electrons. The van der Waals surface area contributed by atoms with Crippen LogP contribution in [0.2, 0.25) is 0 Å². The van der Waals surface area contributed by atoms with Gasteiger partial charge < -0.3 is 20.3 Å². The van der Waals surface area contributed by atoms with Gasteiger partial charge in [0, 0.05) is 40.6 Å². The van der Waals surface area contributed by atoms with Gasteiger partial charge in [0.15, 0.2) is 0 Å². The van der Waals surface area contributed by atoms with Crippen molar-refractivity contribution in [2.75, 3.05) is 26.0 Å². The van der Waals surface area contributed by atoms with Crippen LogP contribution in [-0.4, -0.2) is 40.4 Å². The molecule has 0 radical (unpaired) electrons. The average molecular weight is 347 g/mol. The molecule has 0 saturated heterocycles. The number of hydrogen-bond donors (Lipinski definition) is 3. The smallest absolute Gasteiger partial charge is 0.131 e. The van der Waals surface area contributed by atoms with E-state index in [0.29, 0.717) is 29.4 Å². The molecule has 2 aromatic carbocycles. The van der Waals surface area contributed by atoms with E-state index in [1.54, 1.807) is 24.5 Å². The molecule has 0 spiro atoms. The zero-order valence-corrected chi connectivity index (χ0v) is 14.3. The highest BCUT2D eigenvalue weighted by Gasteiger charge is 2.38. The van der Waals surface area contributed by atoms with Gasteiger partial charge in [-0.05, 0) is 29.3 Å². The van der Waals surface area contributed by atoms with E-state index in [0.717, 1.165) is 11.1 Å². The Morgan fingerprint density at radius 2 is 2.04 bits per heavy atom. The molecule has 6 heteroatoms. The van der Waals surface area contributed by atoms with Gasteiger partial charge in [-0.3, -0.25) is 4.21 Å². The Hall–Kier alpha value is -1.73. The molecule has 0 aromatic heterocycles. The number of aliphatic hydroxyl groups is 2. The molecule has 0 bridgehead atoms. The Morgan fingerprint density at radius 3 is 2.79 bits per heavy atom. The summed E-state index contributed by atoms with van der Waals surface area (Å²) in [5, 5.41) is 23.7. The standard InChI is InChI=1S/C18H21NO4S/c1-24(22)14-6-7-17-16(10-14)18(21,12-19-8-9-20)15-5-3-2-4-13(15)11-23-17/h2-7,10,19-21H,8-9,11-12H2,1H3. The summed E-state index contributed by atoms with van der Waals surface area (Å²) >= 11 is 0. The minimum atomic E-state index is -1.33. The molecule has 0 amide bonds. The number of ether oxygens (including phenoxy) is 1. The summed E-state index contributed by atoms with van der Waals surface area (Å²) in [7, 11) is -1.16. The fraction of sp³-hybridized carbons (Fsp3) is 0.333. The molecular weight excluding hydrogens is 326 g/mol. The highest BCUT2D eigenvalue weighted by atomic mass is 32.2. The van der Waals surface area contributed by atoms with Crippen molar-refractivity contribution < 1.29 is 19.2 Å². The predicted molar refractivity (Wildman–Crippen MR) is 92.5 cm³/mol. The van der Waals surface area contributed by atoms with Crippen LogP contribution in [0, 0.1) is 0 Å². The average Bonchev–Trinajstić information content (AvgIpc) is 2.71. The van der Waals surface area contributed by atoms with Crippen LogP contribution >= 0.6 is 0 Å². The van der Waals surface area contributed by atoms with E-state index < -0.39 is 16.4 Å². The fourth-order valence-corrected chi connectivity index (χ4v) is 3.57. The molecule has 3 N–H and O–H groups in total. The first-order chi connectivity index (χ1) is 11.6. The highest BCUT2D eigenvalue weighted by Crippen LogP contribution is 2.41. The maximum Gasteiger partial charge on any atom is 0.131 e. The Morgan fingerprint density at radius 1 is 1.25 bits per heavy atom. The first-order valence-electron chi connectivity index (χ1n) is 7.79. The quantitative estimate of drug-likeness (QED) is 0.707. The van der Waals surface area contributed by atoms with E-state index >= 15 is 0 Å². The van der Waals surface area contributed by atoms with Gasteiger partial charge in [0.1, 0.15) is 18.0 Å². The number of benzene rings is 2. The van der Waals surface area contributed by atoms with Crippen LogP contribution in [0.15, 0.2) is 47.4 Å². The van der Waals surface area contributed by atoms with Crippen molar-refractivity contribution in [1.29, 1.82) is 0 Å². The Bertz CT molecular complexity index is 764. The van der Waals surface area contributed by atoms with Gasteiger partial charge >= 0.3 is 0 Å². The molecule has 1 aliphatic rings. The molecule has 2 atom stereocenters. The summed E-state index contributed by atoms with van der Waals surface area (Å²) in [6.07, 6.45) is 1.61. The van der Waals surface area contributed by atoms with Crippen molar-refractivity contribution in [2.45, 2.75) is 17.1 Å². The summed E-state index contributed by atoms with van der Waals surface area (Å²) in [4.78, 5) is 0.636. The number of rotatable bonds is 5. The maximum atomic E-state index is 11.9. The lowest BCUT2D eigenvalue weighted by Crippen LogP contribution is -2.40. The van der Waals surface area contributed by atoms with Crippen LogP contribution < -0.4 is 10.1 Å². The zero-order chi connectivity index (χ0) is 17.2. The minimum absolute atomic E-state index is 0.0138. The highest BCUT2D eigenvalue weighted by molar-refractivity contribution is 7.84. The molecule has 2 aromatic rings. The van der Waals surface area contributed by atoms with E-state index in [-0.39, 0.29) is 13.2 Å². The second-order valence-corrected chi connectivity index (χ2v) is 7.20. The largest absolute Gasteiger partial charge is 0.488 e. The van der Waals surface area contributed by atoms with Crippen LogP contribution in [-0.2, 0) is 23.0 Å². The Labute approximate surface area is 143 Å². The predicted octanol–water partition coefficient (Wildman–Crippen LogP) is 1.13. The van der Waals surface area contributed by atoms with Crippen molar-refractivity contribution in [3.8, 4) is 5.75 Å². The van der Waals surface area contributed by atoms with Gasteiger partial charge in [-0.15, -0.1) is 0 Å². The van der Waals surface area contributed by atoms with E-state index in [1.807, 2.05) is 24.3 Å². The van der Waals surface area contributed by atoms with Crippen molar-refractivity contribution in [1.82, 2.24) is 5.32 Å². The molecule has 0 saturated carbocycles. The number of nitrogens with one attached hydrogen (secondary N) is 1. The van der Waals surface area contributed by atoms with Crippen molar-refractivity contribution in [2.24, 2.45) is 0 Å². The van der Waals surface area contributed by atoms with Gasteiger partial charge in [-0.2, -0.15) is 0 Å². The number of fused-ring (bicyclic) bond motifs is 2. The normalized spacial score (nSPS) is 20.5. The van der Waals surface area contributed by atoms with E-state index in [2.05, 4.69) is 5.32 Å². The summed E-state index contributed by atoms with van der Waals surface area (Å²) < 4.78 is 17.7. The lowest BCUT2D eigenvalue weighted by Gasteiger charge is -2.30. The van der Waals surface area contributed by atoms with Crippen molar-refractivity contribution in [3.05, 3.63) is 59.2 Å². The van der Waals surface area contributed by atoms with Crippen LogP contribution in [0.25, 0.3) is 0 Å². The SMILES string of the molecule is CS(=O)c1ccc2c(c1)C(O)(CNCCO)c1ccccc1CO2. The number of aliphatic hydroxyl groups excluding tert-OH is 1. The molecule has 5 nitrogen and oxygen atoms in total. The van der Waals surface area contributed by atoms with E-state index in [1.165, 1.54) is 0 Å². The van der Waals surface area contributed by atoms with Gasteiger partial charge in [0.2, 0.25) is 0 Å². The lowest BCUT2D eigenvalue weighted by atomic mass is 9.83. The summed E-state index contributed by atoms with van der Waals surface area (Å²) in [6.45, 7) is 0.945. The van der Waals surface area contributed by atoms with Gasteiger partial charge in [-0.25, -0.2) is 0 Å². The molecular formula is C18H21NO4S.